The quantitative estimate of drug-likeness (QED) is 0.0485. The Labute approximate surface area is 354 Å². The molecule has 2 aliphatic carbocycles. The van der Waals surface area contributed by atoms with Gasteiger partial charge in [-0.05, 0) is 98.4 Å². The van der Waals surface area contributed by atoms with Crippen molar-refractivity contribution in [3.8, 4) is 28.4 Å². The number of amides is 1. The van der Waals surface area contributed by atoms with Gasteiger partial charge in [-0.1, -0.05) is 72.6 Å². The van der Waals surface area contributed by atoms with Crippen LogP contribution < -0.4 is 9.47 Å². The van der Waals surface area contributed by atoms with Crippen LogP contribution in [0.2, 0.25) is 0 Å². The topological polar surface area (TPSA) is 149 Å². The maximum absolute atomic E-state index is 14.1. The molecule has 1 fully saturated rings. The summed E-state index contributed by atoms with van der Waals surface area (Å²) >= 11 is 0. The van der Waals surface area contributed by atoms with Crippen LogP contribution in [0.25, 0.3) is 11.1 Å². The van der Waals surface area contributed by atoms with Crippen LogP contribution in [0.4, 0.5) is 4.79 Å². The highest BCUT2D eigenvalue weighted by Crippen LogP contribution is 2.62. The lowest BCUT2D eigenvalue weighted by Crippen LogP contribution is -2.70. The minimum atomic E-state index is -1.44. The first-order chi connectivity index (χ1) is 29.4. The van der Waals surface area contributed by atoms with E-state index in [0.717, 1.165) is 47.9 Å². The Morgan fingerprint density at radius 2 is 1.63 bits per heavy atom. The summed E-state index contributed by atoms with van der Waals surface area (Å²) in [5.74, 6) is -0.0419. The minimum absolute atomic E-state index is 0.0507. The first kappa shape index (κ1) is 44.8. The third-order valence-electron chi connectivity index (χ3n) is 11.7. The fourth-order valence-electron chi connectivity index (χ4n) is 9.25. The van der Waals surface area contributed by atoms with E-state index in [4.69, 9.17) is 33.7 Å². The largest absolute Gasteiger partial charge is 0.459 e. The highest BCUT2D eigenvalue weighted by molar-refractivity contribution is 6.03. The van der Waals surface area contributed by atoms with Gasteiger partial charge in [-0.2, -0.15) is 0 Å². The van der Waals surface area contributed by atoms with E-state index in [0.29, 0.717) is 42.4 Å². The highest BCUT2D eigenvalue weighted by Gasteiger charge is 2.65. The Morgan fingerprint density at radius 1 is 0.900 bits per heavy atom. The monoisotopic (exact) mass is 826 g/mol. The van der Waals surface area contributed by atoms with Crippen molar-refractivity contribution in [2.45, 2.75) is 76.5 Å². The fourth-order valence-corrected chi connectivity index (χ4v) is 9.25. The smallest absolute Gasteiger partial charge is 0.410 e. The molecule has 12 heteroatoms. The van der Waals surface area contributed by atoms with Crippen LogP contribution in [-0.2, 0) is 19.0 Å². The van der Waals surface area contributed by atoms with E-state index in [1.807, 2.05) is 49.4 Å². The van der Waals surface area contributed by atoms with E-state index in [1.165, 1.54) is 0 Å². The van der Waals surface area contributed by atoms with Crippen LogP contribution in [0.3, 0.4) is 0 Å². The Kier molecular flexibility index (Phi) is 16.6. The molecular formula is C48H62N2O10. The van der Waals surface area contributed by atoms with Gasteiger partial charge in [0.15, 0.2) is 0 Å². The summed E-state index contributed by atoms with van der Waals surface area (Å²) in [6.07, 6.45) is 8.27. The molecular weight excluding hydrogens is 765 g/mol. The van der Waals surface area contributed by atoms with Crippen LogP contribution in [0.5, 0.6) is 17.2 Å². The second-order valence-electron chi connectivity index (χ2n) is 15.4. The number of carbonyl (C=O) groups is 1. The van der Waals surface area contributed by atoms with Gasteiger partial charge in [-0.3, -0.25) is 4.90 Å². The number of hydrogen-bond donors (Lipinski definition) is 3. The minimum Gasteiger partial charge on any atom is -0.459 e. The number of aliphatic hydroxyl groups is 3. The van der Waals surface area contributed by atoms with Crippen molar-refractivity contribution >= 4 is 11.8 Å². The third kappa shape index (κ3) is 10.2. The summed E-state index contributed by atoms with van der Waals surface area (Å²) in [5, 5.41) is 34.0. The maximum Gasteiger partial charge on any atom is 0.410 e. The number of ether oxygens (including phenoxy) is 5. The predicted molar refractivity (Wildman–Crippen MR) is 230 cm³/mol. The molecule has 6 atom stereocenters. The summed E-state index contributed by atoms with van der Waals surface area (Å²) in [7, 11) is 0. The number of carbonyl (C=O) groups excluding carboxylic acids is 1. The summed E-state index contributed by atoms with van der Waals surface area (Å²) in [6, 6.07) is 23.4. The Balaban J connectivity index is 1.52. The molecule has 6 rings (SSSR count). The van der Waals surface area contributed by atoms with Crippen molar-refractivity contribution < 1.29 is 48.6 Å². The summed E-state index contributed by atoms with van der Waals surface area (Å²) in [5.41, 5.74) is 4.80. The highest BCUT2D eigenvalue weighted by atomic mass is 16.7. The Hall–Kier alpha value is -4.72. The van der Waals surface area contributed by atoms with Crippen molar-refractivity contribution in [2.75, 3.05) is 59.4 Å². The molecule has 0 spiro atoms. The molecule has 1 saturated carbocycles. The summed E-state index contributed by atoms with van der Waals surface area (Å²) in [4.78, 5) is 21.5. The molecule has 60 heavy (non-hydrogen) atoms. The lowest BCUT2D eigenvalue weighted by atomic mass is 9.55. The molecule has 3 N–H and O–H groups in total. The van der Waals surface area contributed by atoms with Crippen molar-refractivity contribution in [2.24, 2.45) is 22.9 Å². The standard InChI is InChI=1S/C48H62N2O10/c1-4-28-57-48-44(50(47(54)56-5-2)24-29-55-30-27-53)33-42(49-58-6-3)40-31-36(16-10-12-25-51)39(17-11-13-26-52)45(46(40)48)41-32-38(22-23-43(41)60-48)59-37-20-18-35(19-21-37)34-14-8-7-9-15-34/h4,7-9,14-15,18-23,31-32,36,39,44-46,51-53H,1,5-6,10-13,16-17,24-30,33H2,2-3H3/t36-,39+,44-,45+,46+,48+/m0/s1. The number of aliphatic hydroxyl groups excluding tert-OH is 3. The molecule has 0 radical (unpaired) electrons. The first-order valence-electron chi connectivity index (χ1n) is 21.6. The van der Waals surface area contributed by atoms with Gasteiger partial charge in [-0.25, -0.2) is 4.79 Å². The molecule has 324 valence electrons. The second kappa shape index (κ2) is 22.2. The molecule has 3 aliphatic rings. The van der Waals surface area contributed by atoms with E-state index < -0.39 is 23.8 Å². The molecule has 0 saturated heterocycles. The number of hydrogen-bond acceptors (Lipinski definition) is 11. The SMILES string of the molecule is C=CCO[C@@]12Oc3ccc(Oc4ccc(-c5ccccc5)cc4)cc3[C@H]3[C@H](CCCCO)[C@@H](CCCCO)C=C(C(=NOCC)C[C@@H]1N(CCOCCO)C(=O)OCC)[C@H]32. The van der Waals surface area contributed by atoms with Gasteiger partial charge >= 0.3 is 6.09 Å². The molecule has 1 heterocycles. The molecule has 0 unspecified atom stereocenters. The average molecular weight is 827 g/mol. The zero-order chi connectivity index (χ0) is 42.3. The lowest BCUT2D eigenvalue weighted by molar-refractivity contribution is -0.256. The van der Waals surface area contributed by atoms with Gasteiger partial charge < -0.3 is 43.8 Å². The summed E-state index contributed by atoms with van der Waals surface area (Å²) < 4.78 is 32.2. The average Bonchev–Trinajstić information content (AvgIpc) is 3.27. The van der Waals surface area contributed by atoms with Gasteiger partial charge in [0, 0.05) is 37.7 Å². The van der Waals surface area contributed by atoms with Crippen molar-refractivity contribution in [3.63, 3.8) is 0 Å². The van der Waals surface area contributed by atoms with Crippen LogP contribution in [0.1, 0.15) is 70.3 Å². The van der Waals surface area contributed by atoms with Gasteiger partial charge in [0.25, 0.3) is 0 Å². The van der Waals surface area contributed by atoms with Crippen LogP contribution in [-0.4, -0.2) is 103 Å². The van der Waals surface area contributed by atoms with E-state index in [1.54, 1.807) is 17.9 Å². The Bertz CT molecular complexity index is 1890. The molecule has 3 aromatic rings. The molecule has 1 aliphatic heterocycles. The first-order valence-corrected chi connectivity index (χ1v) is 21.6. The van der Waals surface area contributed by atoms with Crippen LogP contribution >= 0.6 is 0 Å². The number of oxime groups is 1. The van der Waals surface area contributed by atoms with E-state index in [-0.39, 0.29) is 77.0 Å². The number of rotatable bonds is 23. The van der Waals surface area contributed by atoms with Crippen molar-refractivity contribution in [1.29, 1.82) is 0 Å². The predicted octanol–water partition coefficient (Wildman–Crippen LogP) is 8.27. The lowest BCUT2D eigenvalue weighted by Gasteiger charge is -2.59. The number of allylic oxidation sites excluding steroid dienone is 1. The maximum atomic E-state index is 14.1. The van der Waals surface area contributed by atoms with Crippen LogP contribution in [0.15, 0.2) is 102 Å². The van der Waals surface area contributed by atoms with E-state index in [9.17, 15) is 20.1 Å². The van der Waals surface area contributed by atoms with Gasteiger partial charge in [0.05, 0.1) is 44.7 Å². The number of nitrogens with zero attached hydrogens (tertiary/aromatic N) is 2. The van der Waals surface area contributed by atoms with Gasteiger partial charge in [-0.15, -0.1) is 6.58 Å². The zero-order valence-corrected chi connectivity index (χ0v) is 35.1. The second-order valence-corrected chi connectivity index (χ2v) is 15.4. The van der Waals surface area contributed by atoms with Gasteiger partial charge in [0.2, 0.25) is 5.79 Å². The number of benzene rings is 3. The number of unbranched alkanes of at least 4 members (excludes halogenated alkanes) is 2. The normalized spacial score (nSPS) is 23.4. The fraction of sp³-hybridized carbons (Fsp3) is 0.500. The van der Waals surface area contributed by atoms with Gasteiger partial charge in [0.1, 0.15) is 29.9 Å². The molecule has 3 aromatic carbocycles. The molecule has 12 nitrogen and oxygen atoms in total. The van der Waals surface area contributed by atoms with E-state index >= 15 is 0 Å². The zero-order valence-electron chi connectivity index (χ0n) is 35.1. The molecule has 0 aromatic heterocycles. The van der Waals surface area contributed by atoms with Crippen LogP contribution in [0, 0.1) is 17.8 Å². The van der Waals surface area contributed by atoms with E-state index in [2.05, 4.69) is 43.0 Å². The number of fused-ring (bicyclic) bond motifs is 2. The van der Waals surface area contributed by atoms with Crippen molar-refractivity contribution in [3.05, 3.63) is 103 Å². The van der Waals surface area contributed by atoms with Crippen molar-refractivity contribution in [1.82, 2.24) is 4.90 Å². The summed E-state index contributed by atoms with van der Waals surface area (Å²) in [6.45, 7) is 8.72. The molecule has 1 amide bonds. The third-order valence-corrected chi connectivity index (χ3v) is 11.7. The Morgan fingerprint density at radius 3 is 2.33 bits per heavy atom. The molecule has 0 bridgehead atoms.